The molecule has 0 unspecified atom stereocenters. The number of amides is 2. The highest BCUT2D eigenvalue weighted by molar-refractivity contribution is 9.10. The van der Waals surface area contributed by atoms with E-state index in [-0.39, 0.29) is 17.7 Å². The van der Waals surface area contributed by atoms with E-state index in [1.54, 1.807) is 12.1 Å². The average Bonchev–Trinajstić information content (AvgIpc) is 2.59. The van der Waals surface area contributed by atoms with Gasteiger partial charge in [-0.1, -0.05) is 42.1 Å². The zero-order chi connectivity index (χ0) is 16.7. The summed E-state index contributed by atoms with van der Waals surface area (Å²) in [6, 6.07) is 5.26. The minimum absolute atomic E-state index is 0.00220. The molecule has 1 aliphatic rings. The lowest BCUT2D eigenvalue weighted by Crippen LogP contribution is -2.45. The van der Waals surface area contributed by atoms with Gasteiger partial charge in [0.05, 0.1) is 12.2 Å². The fourth-order valence-electron chi connectivity index (χ4n) is 2.67. The van der Waals surface area contributed by atoms with E-state index in [0.717, 1.165) is 36.6 Å². The second-order valence-corrected chi connectivity index (χ2v) is 6.68. The Kier molecular flexibility index (Phi) is 6.89. The number of halogens is 1. The Hall–Kier alpha value is -1.56. The molecule has 0 heterocycles. The number of benzene rings is 1. The summed E-state index contributed by atoms with van der Waals surface area (Å²) in [6.45, 7) is 2.54. The predicted molar refractivity (Wildman–Crippen MR) is 92.1 cm³/mol. The van der Waals surface area contributed by atoms with Crippen LogP contribution in [-0.2, 0) is 4.79 Å². The molecule has 1 fully saturated rings. The monoisotopic (exact) mass is 382 g/mol. The van der Waals surface area contributed by atoms with E-state index < -0.39 is 0 Å². The molecule has 2 N–H and O–H groups in total. The Morgan fingerprint density at radius 1 is 1.22 bits per heavy atom. The molecule has 126 valence electrons. The van der Waals surface area contributed by atoms with E-state index in [1.165, 1.54) is 6.42 Å². The summed E-state index contributed by atoms with van der Waals surface area (Å²) in [5, 5.41) is 0. The number of ether oxygens (including phenoxy) is 1. The van der Waals surface area contributed by atoms with Gasteiger partial charge in [0.25, 0.3) is 5.91 Å². The van der Waals surface area contributed by atoms with Gasteiger partial charge in [0, 0.05) is 10.4 Å². The molecular weight excluding hydrogens is 360 g/mol. The molecule has 0 aliphatic heterocycles. The van der Waals surface area contributed by atoms with Crippen molar-refractivity contribution in [2.45, 2.75) is 45.4 Å². The largest absolute Gasteiger partial charge is 0.493 e. The zero-order valence-electron chi connectivity index (χ0n) is 13.4. The molecule has 5 nitrogen and oxygen atoms in total. The van der Waals surface area contributed by atoms with Gasteiger partial charge in [-0.05, 0) is 37.5 Å². The second-order valence-electron chi connectivity index (χ2n) is 5.77. The van der Waals surface area contributed by atoms with Crippen LogP contribution >= 0.6 is 15.9 Å². The summed E-state index contributed by atoms with van der Waals surface area (Å²) in [5.41, 5.74) is 5.44. The predicted octanol–water partition coefficient (Wildman–Crippen LogP) is 3.58. The number of nitrogens with one attached hydrogen (secondary N) is 2. The highest BCUT2D eigenvalue weighted by Crippen LogP contribution is 2.24. The molecule has 2 rings (SSSR count). The Labute approximate surface area is 145 Å². The number of carbonyl (C=O) groups excluding carboxylic acids is 2. The van der Waals surface area contributed by atoms with E-state index >= 15 is 0 Å². The van der Waals surface area contributed by atoms with Crippen molar-refractivity contribution in [1.29, 1.82) is 0 Å². The fraction of sp³-hybridized carbons (Fsp3) is 0.529. The van der Waals surface area contributed by atoms with E-state index in [0.29, 0.717) is 17.9 Å². The Balaban J connectivity index is 1.96. The lowest BCUT2D eigenvalue weighted by Gasteiger charge is -2.21. The smallest absolute Gasteiger partial charge is 0.273 e. The van der Waals surface area contributed by atoms with Crippen LogP contribution in [-0.4, -0.2) is 18.4 Å². The zero-order valence-corrected chi connectivity index (χ0v) is 14.9. The normalized spacial score (nSPS) is 15.0. The van der Waals surface area contributed by atoms with Crippen LogP contribution in [0.4, 0.5) is 0 Å². The molecule has 0 radical (unpaired) electrons. The topological polar surface area (TPSA) is 67.4 Å². The van der Waals surface area contributed by atoms with Gasteiger partial charge in [0.2, 0.25) is 5.91 Å². The van der Waals surface area contributed by atoms with E-state index in [1.807, 2.05) is 13.0 Å². The van der Waals surface area contributed by atoms with Gasteiger partial charge in [0.1, 0.15) is 5.75 Å². The van der Waals surface area contributed by atoms with Crippen LogP contribution in [0.3, 0.4) is 0 Å². The van der Waals surface area contributed by atoms with E-state index in [9.17, 15) is 9.59 Å². The molecule has 2 amide bonds. The van der Waals surface area contributed by atoms with Gasteiger partial charge in [0.15, 0.2) is 0 Å². The maximum absolute atomic E-state index is 12.3. The van der Waals surface area contributed by atoms with Crippen molar-refractivity contribution in [1.82, 2.24) is 10.9 Å². The molecule has 1 saturated carbocycles. The third-order valence-electron chi connectivity index (χ3n) is 3.92. The SMILES string of the molecule is CCCOc1ccc(Br)cc1C(=O)NNC(=O)C1CCCCC1. The molecule has 0 bridgehead atoms. The first-order valence-corrected chi connectivity index (χ1v) is 8.93. The average molecular weight is 383 g/mol. The van der Waals surface area contributed by atoms with Crippen LogP contribution in [0.15, 0.2) is 22.7 Å². The quantitative estimate of drug-likeness (QED) is 0.764. The molecular formula is C17H23BrN2O3. The van der Waals surface area contributed by atoms with Gasteiger partial charge in [-0.3, -0.25) is 20.4 Å². The molecule has 1 aliphatic carbocycles. The van der Waals surface area contributed by atoms with Crippen LogP contribution in [0.2, 0.25) is 0 Å². The second kappa shape index (κ2) is 8.91. The molecule has 0 atom stereocenters. The molecule has 1 aromatic carbocycles. The fourth-order valence-corrected chi connectivity index (χ4v) is 3.03. The van der Waals surface area contributed by atoms with Crippen molar-refractivity contribution >= 4 is 27.7 Å². The molecule has 23 heavy (non-hydrogen) atoms. The molecule has 6 heteroatoms. The summed E-state index contributed by atoms with van der Waals surface area (Å²) >= 11 is 3.35. The van der Waals surface area contributed by atoms with Crippen LogP contribution in [0, 0.1) is 5.92 Å². The Bertz CT molecular complexity index is 557. The van der Waals surface area contributed by atoms with Crippen LogP contribution in [0.5, 0.6) is 5.75 Å². The van der Waals surface area contributed by atoms with Crippen molar-refractivity contribution in [3.05, 3.63) is 28.2 Å². The number of hydrogen-bond acceptors (Lipinski definition) is 3. The van der Waals surface area contributed by atoms with Gasteiger partial charge >= 0.3 is 0 Å². The Morgan fingerprint density at radius 3 is 2.65 bits per heavy atom. The van der Waals surface area contributed by atoms with Crippen LogP contribution in [0.1, 0.15) is 55.8 Å². The van der Waals surface area contributed by atoms with Gasteiger partial charge in [-0.25, -0.2) is 0 Å². The Morgan fingerprint density at radius 2 is 1.96 bits per heavy atom. The minimum atomic E-state index is -0.374. The molecule has 0 aromatic heterocycles. The van der Waals surface area contributed by atoms with Gasteiger partial charge < -0.3 is 4.74 Å². The molecule has 0 spiro atoms. The standard InChI is InChI=1S/C17H23BrN2O3/c1-2-10-23-15-9-8-13(18)11-14(15)17(22)20-19-16(21)12-6-4-3-5-7-12/h8-9,11-12H,2-7,10H2,1H3,(H,19,21)(H,20,22). The van der Waals surface area contributed by atoms with Crippen molar-refractivity contribution in [2.24, 2.45) is 5.92 Å². The van der Waals surface area contributed by atoms with Crippen LogP contribution < -0.4 is 15.6 Å². The summed E-state index contributed by atoms with van der Waals surface area (Å²) in [5.74, 6) is 0.0347. The van der Waals surface area contributed by atoms with Crippen LogP contribution in [0.25, 0.3) is 0 Å². The van der Waals surface area contributed by atoms with Crippen molar-refractivity contribution in [2.75, 3.05) is 6.61 Å². The van der Waals surface area contributed by atoms with E-state index in [2.05, 4.69) is 26.8 Å². The number of carbonyl (C=O) groups is 2. The van der Waals surface area contributed by atoms with Crippen molar-refractivity contribution < 1.29 is 14.3 Å². The van der Waals surface area contributed by atoms with Gasteiger partial charge in [-0.2, -0.15) is 0 Å². The third-order valence-corrected chi connectivity index (χ3v) is 4.42. The highest BCUT2D eigenvalue weighted by atomic mass is 79.9. The van der Waals surface area contributed by atoms with Crippen molar-refractivity contribution in [3.8, 4) is 5.75 Å². The number of hydrazine groups is 1. The lowest BCUT2D eigenvalue weighted by molar-refractivity contribution is -0.126. The summed E-state index contributed by atoms with van der Waals surface area (Å²) in [6.07, 6.45) is 5.98. The number of rotatable bonds is 5. The summed E-state index contributed by atoms with van der Waals surface area (Å²) in [7, 11) is 0. The maximum atomic E-state index is 12.3. The first-order chi connectivity index (χ1) is 11.1. The minimum Gasteiger partial charge on any atom is -0.493 e. The van der Waals surface area contributed by atoms with Gasteiger partial charge in [-0.15, -0.1) is 0 Å². The summed E-state index contributed by atoms with van der Waals surface area (Å²) < 4.78 is 6.37. The summed E-state index contributed by atoms with van der Waals surface area (Å²) in [4.78, 5) is 24.4. The molecule has 1 aromatic rings. The third kappa shape index (κ3) is 5.23. The van der Waals surface area contributed by atoms with Crippen molar-refractivity contribution in [3.63, 3.8) is 0 Å². The van der Waals surface area contributed by atoms with E-state index in [4.69, 9.17) is 4.74 Å². The first-order valence-electron chi connectivity index (χ1n) is 8.14. The maximum Gasteiger partial charge on any atom is 0.273 e. The highest BCUT2D eigenvalue weighted by Gasteiger charge is 2.22. The first kappa shape index (κ1) is 17.8. The number of hydrogen-bond donors (Lipinski definition) is 2. The molecule has 0 saturated heterocycles. The lowest BCUT2D eigenvalue weighted by atomic mass is 9.89.